The zero-order valence-corrected chi connectivity index (χ0v) is 17.5. The van der Waals surface area contributed by atoms with E-state index in [1.54, 1.807) is 12.1 Å². The van der Waals surface area contributed by atoms with Crippen molar-refractivity contribution in [3.05, 3.63) is 17.7 Å². The van der Waals surface area contributed by atoms with E-state index >= 15 is 0 Å². The highest BCUT2D eigenvalue weighted by Crippen LogP contribution is 2.40. The highest BCUT2D eigenvalue weighted by Gasteiger charge is 2.21. The van der Waals surface area contributed by atoms with Crippen LogP contribution in [-0.4, -0.2) is 30.8 Å². The van der Waals surface area contributed by atoms with Crippen molar-refractivity contribution in [2.75, 3.05) is 6.54 Å². The van der Waals surface area contributed by atoms with Gasteiger partial charge in [-0.05, 0) is 66.0 Å². The van der Waals surface area contributed by atoms with Crippen LogP contribution >= 0.6 is 0 Å². The van der Waals surface area contributed by atoms with Gasteiger partial charge in [0.2, 0.25) is 5.75 Å². The highest BCUT2D eigenvalue weighted by molar-refractivity contribution is 5.95. The minimum Gasteiger partial charge on any atom is -0.487 e. The zero-order valence-electron chi connectivity index (χ0n) is 17.5. The first-order valence-electron chi connectivity index (χ1n) is 9.56. The normalized spacial score (nSPS) is 11.4. The Morgan fingerprint density at radius 1 is 0.846 bits per heavy atom. The number of rotatable bonds is 10. The number of nitrogens with one attached hydrogen (secondary N) is 1. The first-order chi connectivity index (χ1) is 12.1. The Kier molecular flexibility index (Phi) is 8.76. The number of amides is 1. The molecule has 0 unspecified atom stereocenters. The molecule has 0 aliphatic carbocycles. The van der Waals surface area contributed by atoms with Crippen LogP contribution in [0.2, 0.25) is 0 Å². The molecule has 1 amide bonds. The molecule has 0 fully saturated rings. The van der Waals surface area contributed by atoms with Crippen molar-refractivity contribution in [1.82, 2.24) is 5.32 Å². The lowest BCUT2D eigenvalue weighted by atomic mass is 10.1. The van der Waals surface area contributed by atoms with Gasteiger partial charge in [-0.3, -0.25) is 4.79 Å². The minimum atomic E-state index is -0.135. The van der Waals surface area contributed by atoms with Crippen LogP contribution in [0, 0.1) is 5.92 Å². The van der Waals surface area contributed by atoms with E-state index in [0.717, 1.165) is 6.42 Å². The van der Waals surface area contributed by atoms with Crippen molar-refractivity contribution in [2.24, 2.45) is 5.92 Å². The molecule has 26 heavy (non-hydrogen) atoms. The van der Waals surface area contributed by atoms with E-state index in [0.29, 0.717) is 35.3 Å². The van der Waals surface area contributed by atoms with E-state index in [1.165, 1.54) is 0 Å². The summed E-state index contributed by atoms with van der Waals surface area (Å²) < 4.78 is 17.8. The molecule has 0 bridgehead atoms. The van der Waals surface area contributed by atoms with Crippen molar-refractivity contribution >= 4 is 5.91 Å². The van der Waals surface area contributed by atoms with Gasteiger partial charge in [0, 0.05) is 12.1 Å². The fourth-order valence-corrected chi connectivity index (χ4v) is 2.32. The number of benzene rings is 1. The second kappa shape index (κ2) is 10.3. The Bertz CT molecular complexity index is 548. The molecule has 0 radical (unpaired) electrons. The van der Waals surface area contributed by atoms with Crippen molar-refractivity contribution in [1.29, 1.82) is 0 Å². The zero-order chi connectivity index (χ0) is 19.9. The number of ether oxygens (including phenoxy) is 3. The maximum absolute atomic E-state index is 12.6. The molecule has 1 rings (SSSR count). The summed E-state index contributed by atoms with van der Waals surface area (Å²) >= 11 is 0. The summed E-state index contributed by atoms with van der Waals surface area (Å²) in [5.41, 5.74) is 0.510. The molecule has 0 atom stereocenters. The molecule has 0 aliphatic rings. The van der Waals surface area contributed by atoms with Crippen molar-refractivity contribution in [3.63, 3.8) is 0 Å². The number of hydrogen-bond acceptors (Lipinski definition) is 4. The first-order valence-corrected chi connectivity index (χ1v) is 9.56. The van der Waals surface area contributed by atoms with Gasteiger partial charge in [-0.25, -0.2) is 0 Å². The van der Waals surface area contributed by atoms with Gasteiger partial charge < -0.3 is 19.5 Å². The standard InChI is InChI=1S/C21H35NO4/c1-13(2)9-10-22-21(23)17-11-18(24-14(3)4)20(26-16(7)8)19(12-17)25-15(5)6/h11-16H,9-10H2,1-8H3,(H,22,23). The van der Waals surface area contributed by atoms with Gasteiger partial charge in [0.15, 0.2) is 11.5 Å². The summed E-state index contributed by atoms with van der Waals surface area (Å²) in [6, 6.07) is 3.46. The fraction of sp³-hybridized carbons (Fsp3) is 0.667. The van der Waals surface area contributed by atoms with E-state index < -0.39 is 0 Å². The maximum atomic E-state index is 12.6. The fourth-order valence-electron chi connectivity index (χ4n) is 2.32. The first kappa shape index (κ1) is 22.1. The van der Waals surface area contributed by atoms with E-state index in [1.807, 2.05) is 41.5 Å². The lowest BCUT2D eigenvalue weighted by Gasteiger charge is -2.22. The molecule has 0 saturated carbocycles. The molecule has 5 heteroatoms. The van der Waals surface area contributed by atoms with Gasteiger partial charge in [-0.15, -0.1) is 0 Å². The second-order valence-electron chi connectivity index (χ2n) is 7.74. The number of carbonyl (C=O) groups is 1. The van der Waals surface area contributed by atoms with Crippen LogP contribution in [-0.2, 0) is 0 Å². The van der Waals surface area contributed by atoms with Crippen LogP contribution in [0.25, 0.3) is 0 Å². The second-order valence-corrected chi connectivity index (χ2v) is 7.74. The van der Waals surface area contributed by atoms with Crippen LogP contribution in [0.5, 0.6) is 17.2 Å². The summed E-state index contributed by atoms with van der Waals surface area (Å²) in [5, 5.41) is 2.96. The predicted molar refractivity (Wildman–Crippen MR) is 106 cm³/mol. The molecule has 1 N–H and O–H groups in total. The Morgan fingerprint density at radius 2 is 1.31 bits per heavy atom. The van der Waals surface area contributed by atoms with E-state index in [9.17, 15) is 4.79 Å². The van der Waals surface area contributed by atoms with Gasteiger partial charge in [0.1, 0.15) is 0 Å². The highest BCUT2D eigenvalue weighted by atomic mass is 16.6. The Labute approximate surface area is 158 Å². The van der Waals surface area contributed by atoms with Gasteiger partial charge in [0.25, 0.3) is 5.91 Å². The van der Waals surface area contributed by atoms with Crippen molar-refractivity contribution < 1.29 is 19.0 Å². The van der Waals surface area contributed by atoms with E-state index in [4.69, 9.17) is 14.2 Å². The van der Waals surface area contributed by atoms with Gasteiger partial charge in [-0.2, -0.15) is 0 Å². The molecule has 0 spiro atoms. The van der Waals surface area contributed by atoms with Crippen LogP contribution in [0.1, 0.15) is 72.2 Å². The molecule has 0 aromatic heterocycles. The molecule has 148 valence electrons. The van der Waals surface area contributed by atoms with E-state index in [-0.39, 0.29) is 24.2 Å². The summed E-state index contributed by atoms with van der Waals surface area (Å²) in [5.74, 6) is 2.00. The van der Waals surface area contributed by atoms with Crippen LogP contribution in [0.15, 0.2) is 12.1 Å². The third-order valence-electron chi connectivity index (χ3n) is 3.37. The molecule has 1 aromatic carbocycles. The summed E-state index contributed by atoms with van der Waals surface area (Å²) in [6.45, 7) is 16.6. The summed E-state index contributed by atoms with van der Waals surface area (Å²) in [6.07, 6.45) is 0.807. The Morgan fingerprint density at radius 3 is 1.69 bits per heavy atom. The maximum Gasteiger partial charge on any atom is 0.251 e. The van der Waals surface area contributed by atoms with Crippen LogP contribution in [0.3, 0.4) is 0 Å². The van der Waals surface area contributed by atoms with Gasteiger partial charge in [0.05, 0.1) is 18.3 Å². The third kappa shape index (κ3) is 7.54. The minimum absolute atomic E-state index is 0.0373. The van der Waals surface area contributed by atoms with E-state index in [2.05, 4.69) is 19.2 Å². The van der Waals surface area contributed by atoms with Crippen molar-refractivity contribution in [2.45, 2.75) is 80.1 Å². The Hall–Kier alpha value is -1.91. The van der Waals surface area contributed by atoms with Gasteiger partial charge >= 0.3 is 0 Å². The SMILES string of the molecule is CC(C)CCNC(=O)c1cc(OC(C)C)c(OC(C)C)c(OC(C)C)c1. The molecule has 1 aromatic rings. The molecule has 0 saturated heterocycles. The average molecular weight is 366 g/mol. The number of carbonyl (C=O) groups excluding carboxylic acids is 1. The topological polar surface area (TPSA) is 56.8 Å². The smallest absolute Gasteiger partial charge is 0.251 e. The quantitative estimate of drug-likeness (QED) is 0.645. The van der Waals surface area contributed by atoms with Crippen molar-refractivity contribution in [3.8, 4) is 17.2 Å². The van der Waals surface area contributed by atoms with Gasteiger partial charge in [-0.1, -0.05) is 13.8 Å². The van der Waals surface area contributed by atoms with Crippen LogP contribution < -0.4 is 19.5 Å². The monoisotopic (exact) mass is 365 g/mol. The largest absolute Gasteiger partial charge is 0.487 e. The Balaban J connectivity index is 3.23. The number of hydrogen-bond donors (Lipinski definition) is 1. The lowest BCUT2D eigenvalue weighted by molar-refractivity contribution is 0.0949. The lowest BCUT2D eigenvalue weighted by Crippen LogP contribution is -2.25. The molecule has 5 nitrogen and oxygen atoms in total. The average Bonchev–Trinajstić information content (AvgIpc) is 2.48. The van der Waals surface area contributed by atoms with Crippen LogP contribution in [0.4, 0.5) is 0 Å². The third-order valence-corrected chi connectivity index (χ3v) is 3.37. The molecule has 0 heterocycles. The molecular formula is C21H35NO4. The predicted octanol–water partition coefficient (Wildman–Crippen LogP) is 4.82. The molecular weight excluding hydrogens is 330 g/mol. The summed E-state index contributed by atoms with van der Waals surface area (Å²) in [7, 11) is 0. The summed E-state index contributed by atoms with van der Waals surface area (Å²) in [4.78, 5) is 12.6. The molecule has 0 aliphatic heterocycles.